The van der Waals surface area contributed by atoms with Gasteiger partial charge >= 0.3 is 0 Å². The minimum Gasteiger partial charge on any atom is -0.372 e. The molecule has 19 heavy (non-hydrogen) atoms. The second-order valence-corrected chi connectivity index (χ2v) is 4.96. The Hall–Kier alpha value is -1.35. The quantitative estimate of drug-likeness (QED) is 0.900. The Labute approximate surface area is 119 Å². The maximum Gasteiger partial charge on any atom is 0.0735 e. The summed E-state index contributed by atoms with van der Waals surface area (Å²) in [6, 6.07) is 14.0. The number of benzene rings is 2. The van der Waals surface area contributed by atoms with Crippen LogP contribution in [0.2, 0.25) is 5.02 Å². The van der Waals surface area contributed by atoms with E-state index in [2.05, 4.69) is 19.1 Å². The van der Waals surface area contributed by atoms with E-state index in [0.29, 0.717) is 19.8 Å². The van der Waals surface area contributed by atoms with Crippen molar-refractivity contribution in [1.29, 1.82) is 0 Å². The van der Waals surface area contributed by atoms with Crippen molar-refractivity contribution in [1.82, 2.24) is 0 Å². The first-order valence-corrected chi connectivity index (χ1v) is 6.68. The molecule has 0 amide bonds. The number of aryl methyl sites for hydroxylation is 1. The van der Waals surface area contributed by atoms with Gasteiger partial charge in [0, 0.05) is 11.6 Å². The summed E-state index contributed by atoms with van der Waals surface area (Å²) >= 11 is 6.08. The lowest BCUT2D eigenvalue weighted by atomic mass is 10.1. The first-order valence-electron chi connectivity index (χ1n) is 6.30. The molecule has 0 spiro atoms. The zero-order valence-electron chi connectivity index (χ0n) is 11.0. The van der Waals surface area contributed by atoms with E-state index in [1.165, 1.54) is 11.1 Å². The Morgan fingerprint density at radius 1 is 1.05 bits per heavy atom. The molecular weight excluding hydrogens is 258 g/mol. The van der Waals surface area contributed by atoms with Gasteiger partial charge < -0.3 is 10.5 Å². The van der Waals surface area contributed by atoms with E-state index in [-0.39, 0.29) is 0 Å². The topological polar surface area (TPSA) is 35.2 Å². The number of halogens is 1. The second kappa shape index (κ2) is 6.71. The van der Waals surface area contributed by atoms with Gasteiger partial charge in [0.1, 0.15) is 0 Å². The van der Waals surface area contributed by atoms with Crippen LogP contribution in [0.1, 0.15) is 22.3 Å². The van der Waals surface area contributed by atoms with Crippen LogP contribution in [0, 0.1) is 6.92 Å². The van der Waals surface area contributed by atoms with Gasteiger partial charge in [-0.3, -0.25) is 0 Å². The molecular formula is C16H18ClNO. The fourth-order valence-electron chi connectivity index (χ4n) is 1.93. The maximum atomic E-state index is 6.08. The summed E-state index contributed by atoms with van der Waals surface area (Å²) in [5.41, 5.74) is 10.2. The molecule has 2 N–H and O–H groups in total. The number of rotatable bonds is 5. The molecule has 100 valence electrons. The summed E-state index contributed by atoms with van der Waals surface area (Å²) in [6.45, 7) is 3.76. The molecule has 0 atom stereocenters. The Bertz CT molecular complexity index is 554. The Morgan fingerprint density at radius 3 is 2.47 bits per heavy atom. The zero-order chi connectivity index (χ0) is 13.7. The predicted octanol–water partition coefficient (Wildman–Crippen LogP) is 3.82. The van der Waals surface area contributed by atoms with Gasteiger partial charge in [0.2, 0.25) is 0 Å². The summed E-state index contributed by atoms with van der Waals surface area (Å²) < 4.78 is 5.73. The van der Waals surface area contributed by atoms with E-state index < -0.39 is 0 Å². The standard InChI is InChI=1S/C16H18ClNO/c1-12-8-13(9-18)6-7-14(12)10-19-11-15-4-2-3-5-16(15)17/h2-8H,9-11,18H2,1H3. The minimum absolute atomic E-state index is 0.526. The lowest BCUT2D eigenvalue weighted by molar-refractivity contribution is 0.107. The van der Waals surface area contributed by atoms with Crippen molar-refractivity contribution in [3.05, 3.63) is 69.7 Å². The lowest BCUT2D eigenvalue weighted by Gasteiger charge is -2.09. The largest absolute Gasteiger partial charge is 0.372 e. The fourth-order valence-corrected chi connectivity index (χ4v) is 2.12. The number of ether oxygens (including phenoxy) is 1. The molecule has 0 heterocycles. The van der Waals surface area contributed by atoms with Gasteiger partial charge in [0.25, 0.3) is 0 Å². The van der Waals surface area contributed by atoms with Gasteiger partial charge in [0.05, 0.1) is 13.2 Å². The first kappa shape index (κ1) is 14.1. The highest BCUT2D eigenvalue weighted by atomic mass is 35.5. The highest BCUT2D eigenvalue weighted by Crippen LogP contribution is 2.17. The molecule has 0 aliphatic heterocycles. The van der Waals surface area contributed by atoms with Crippen LogP contribution in [0.4, 0.5) is 0 Å². The summed E-state index contributed by atoms with van der Waals surface area (Å²) in [6.07, 6.45) is 0. The predicted molar refractivity (Wildman–Crippen MR) is 79.0 cm³/mol. The molecule has 0 saturated heterocycles. The number of hydrogen-bond acceptors (Lipinski definition) is 2. The molecule has 0 aliphatic carbocycles. The van der Waals surface area contributed by atoms with Gasteiger partial charge in [0.15, 0.2) is 0 Å². The summed E-state index contributed by atoms with van der Waals surface area (Å²) in [5.74, 6) is 0. The molecule has 2 aromatic carbocycles. The smallest absolute Gasteiger partial charge is 0.0735 e. The van der Waals surface area contributed by atoms with Crippen molar-refractivity contribution in [2.45, 2.75) is 26.7 Å². The van der Waals surface area contributed by atoms with Crippen molar-refractivity contribution in [2.75, 3.05) is 0 Å². The number of nitrogens with two attached hydrogens (primary N) is 1. The highest BCUT2D eigenvalue weighted by molar-refractivity contribution is 6.31. The third-order valence-corrected chi connectivity index (χ3v) is 3.48. The molecule has 2 aromatic rings. The van der Waals surface area contributed by atoms with Crippen molar-refractivity contribution in [2.24, 2.45) is 5.73 Å². The van der Waals surface area contributed by atoms with E-state index in [4.69, 9.17) is 22.1 Å². The Morgan fingerprint density at radius 2 is 1.79 bits per heavy atom. The van der Waals surface area contributed by atoms with Crippen molar-refractivity contribution >= 4 is 11.6 Å². The van der Waals surface area contributed by atoms with Crippen LogP contribution in [0.3, 0.4) is 0 Å². The van der Waals surface area contributed by atoms with Crippen LogP contribution in [-0.4, -0.2) is 0 Å². The van der Waals surface area contributed by atoms with Crippen LogP contribution in [0.25, 0.3) is 0 Å². The number of hydrogen-bond donors (Lipinski definition) is 1. The van der Waals surface area contributed by atoms with E-state index in [9.17, 15) is 0 Å². The SMILES string of the molecule is Cc1cc(CN)ccc1COCc1ccccc1Cl. The van der Waals surface area contributed by atoms with Crippen molar-refractivity contribution in [3.63, 3.8) is 0 Å². The Balaban J connectivity index is 1.94. The van der Waals surface area contributed by atoms with Crippen molar-refractivity contribution in [3.8, 4) is 0 Å². The van der Waals surface area contributed by atoms with Gasteiger partial charge in [-0.2, -0.15) is 0 Å². The average molecular weight is 276 g/mol. The molecule has 2 rings (SSSR count). The van der Waals surface area contributed by atoms with Crippen LogP contribution in [0.15, 0.2) is 42.5 Å². The molecule has 3 heteroatoms. The molecule has 0 radical (unpaired) electrons. The molecule has 2 nitrogen and oxygen atoms in total. The molecule has 0 aromatic heterocycles. The fraction of sp³-hybridized carbons (Fsp3) is 0.250. The average Bonchev–Trinajstić information content (AvgIpc) is 2.42. The summed E-state index contributed by atoms with van der Waals surface area (Å²) in [5, 5.41) is 0.748. The molecule has 0 unspecified atom stereocenters. The molecule has 0 saturated carbocycles. The second-order valence-electron chi connectivity index (χ2n) is 4.55. The summed E-state index contributed by atoms with van der Waals surface area (Å²) in [7, 11) is 0. The van der Waals surface area contributed by atoms with E-state index in [1.807, 2.05) is 30.3 Å². The first-order chi connectivity index (χ1) is 9.20. The molecule has 0 bridgehead atoms. The summed E-state index contributed by atoms with van der Waals surface area (Å²) in [4.78, 5) is 0. The molecule has 0 fully saturated rings. The zero-order valence-corrected chi connectivity index (χ0v) is 11.8. The van der Waals surface area contributed by atoms with Gasteiger partial charge in [-0.05, 0) is 35.2 Å². The van der Waals surface area contributed by atoms with Crippen LogP contribution >= 0.6 is 11.6 Å². The Kier molecular flexibility index (Phi) is 4.97. The van der Waals surface area contributed by atoms with Crippen LogP contribution in [0.5, 0.6) is 0 Å². The minimum atomic E-state index is 0.526. The van der Waals surface area contributed by atoms with E-state index in [1.54, 1.807) is 0 Å². The van der Waals surface area contributed by atoms with E-state index >= 15 is 0 Å². The van der Waals surface area contributed by atoms with E-state index in [0.717, 1.165) is 16.1 Å². The third-order valence-electron chi connectivity index (χ3n) is 3.12. The molecule has 0 aliphatic rings. The maximum absolute atomic E-state index is 6.08. The highest BCUT2D eigenvalue weighted by Gasteiger charge is 2.02. The van der Waals surface area contributed by atoms with Gasteiger partial charge in [-0.1, -0.05) is 48.0 Å². The van der Waals surface area contributed by atoms with Crippen molar-refractivity contribution < 1.29 is 4.74 Å². The third kappa shape index (κ3) is 3.80. The van der Waals surface area contributed by atoms with Gasteiger partial charge in [-0.25, -0.2) is 0 Å². The monoisotopic (exact) mass is 275 g/mol. The van der Waals surface area contributed by atoms with Crippen LogP contribution in [-0.2, 0) is 24.5 Å². The lowest BCUT2D eigenvalue weighted by Crippen LogP contribution is -2.00. The van der Waals surface area contributed by atoms with Crippen LogP contribution < -0.4 is 5.73 Å². The normalized spacial score (nSPS) is 10.7. The van der Waals surface area contributed by atoms with Gasteiger partial charge in [-0.15, -0.1) is 0 Å².